The summed E-state index contributed by atoms with van der Waals surface area (Å²) in [6.07, 6.45) is 1.49. The number of rotatable bonds is 7. The summed E-state index contributed by atoms with van der Waals surface area (Å²) in [5, 5.41) is 6.37. The molecule has 6 heteroatoms. The molecule has 2 amide bonds. The van der Waals surface area contributed by atoms with Crippen LogP contribution in [-0.2, 0) is 16.2 Å². The van der Waals surface area contributed by atoms with Gasteiger partial charge in [-0.2, -0.15) is 5.10 Å². The molecular weight excluding hydrogens is 390 g/mol. The van der Waals surface area contributed by atoms with E-state index in [0.29, 0.717) is 24.0 Å². The van der Waals surface area contributed by atoms with Crippen molar-refractivity contribution >= 4 is 23.7 Å². The van der Waals surface area contributed by atoms with Crippen LogP contribution in [0.25, 0.3) is 0 Å². The van der Waals surface area contributed by atoms with E-state index >= 15 is 0 Å². The highest BCUT2D eigenvalue weighted by Gasteiger charge is 2.12. The Morgan fingerprint density at radius 3 is 2.23 bits per heavy atom. The van der Waals surface area contributed by atoms with E-state index in [2.05, 4.69) is 29.7 Å². The third-order valence-corrected chi connectivity index (χ3v) is 4.55. The number of ether oxygens (including phenoxy) is 1. The molecule has 0 aromatic heterocycles. The van der Waals surface area contributed by atoms with Crippen LogP contribution in [0.2, 0.25) is 0 Å². The van der Waals surface area contributed by atoms with Crippen LogP contribution in [0.15, 0.2) is 84.0 Å². The van der Waals surface area contributed by atoms with Crippen LogP contribution in [0.3, 0.4) is 0 Å². The molecule has 0 heterocycles. The Kier molecular flexibility index (Phi) is 7.54. The van der Waals surface area contributed by atoms with E-state index in [4.69, 9.17) is 4.74 Å². The molecule has 0 fully saturated rings. The van der Waals surface area contributed by atoms with Gasteiger partial charge in [-0.25, -0.2) is 5.43 Å². The van der Waals surface area contributed by atoms with Gasteiger partial charge in [-0.1, -0.05) is 68.4 Å². The average Bonchev–Trinajstić information content (AvgIpc) is 2.79. The summed E-state index contributed by atoms with van der Waals surface area (Å²) in [6, 6.07) is 24.5. The second-order valence-electron chi connectivity index (χ2n) is 7.27. The van der Waals surface area contributed by atoms with Crippen LogP contribution in [0, 0.1) is 0 Å². The van der Waals surface area contributed by atoms with Crippen LogP contribution in [0.4, 0.5) is 5.69 Å². The van der Waals surface area contributed by atoms with Gasteiger partial charge >= 0.3 is 11.8 Å². The maximum atomic E-state index is 12.0. The fourth-order valence-corrected chi connectivity index (χ4v) is 2.75. The maximum Gasteiger partial charge on any atom is 0.329 e. The van der Waals surface area contributed by atoms with Gasteiger partial charge < -0.3 is 10.1 Å². The largest absolute Gasteiger partial charge is 0.489 e. The average molecular weight is 415 g/mol. The van der Waals surface area contributed by atoms with E-state index < -0.39 is 11.8 Å². The second-order valence-corrected chi connectivity index (χ2v) is 7.27. The Hall–Kier alpha value is -3.93. The van der Waals surface area contributed by atoms with Crippen molar-refractivity contribution in [1.29, 1.82) is 0 Å². The lowest BCUT2D eigenvalue weighted by Gasteiger charge is -2.08. The maximum absolute atomic E-state index is 12.0. The minimum atomic E-state index is -0.848. The third-order valence-electron chi connectivity index (χ3n) is 4.55. The molecule has 6 nitrogen and oxygen atoms in total. The Morgan fingerprint density at radius 1 is 0.903 bits per heavy atom. The van der Waals surface area contributed by atoms with Crippen LogP contribution < -0.4 is 15.5 Å². The Morgan fingerprint density at radius 2 is 1.58 bits per heavy atom. The summed E-state index contributed by atoms with van der Waals surface area (Å²) in [4.78, 5) is 24.0. The van der Waals surface area contributed by atoms with Crippen LogP contribution in [0.5, 0.6) is 5.75 Å². The van der Waals surface area contributed by atoms with Gasteiger partial charge in [0, 0.05) is 5.69 Å². The van der Waals surface area contributed by atoms with Crippen molar-refractivity contribution in [3.05, 3.63) is 95.6 Å². The first kappa shape index (κ1) is 21.8. The molecule has 158 valence electrons. The molecule has 3 aromatic carbocycles. The normalized spacial score (nSPS) is 10.8. The molecule has 2 N–H and O–H groups in total. The predicted molar refractivity (Wildman–Crippen MR) is 122 cm³/mol. The summed E-state index contributed by atoms with van der Waals surface area (Å²) < 4.78 is 5.70. The van der Waals surface area contributed by atoms with Gasteiger partial charge in [0.05, 0.1) is 6.21 Å². The fraction of sp³-hybridized carbons (Fsp3) is 0.160. The molecular formula is C25H25N3O3. The van der Waals surface area contributed by atoms with Crippen molar-refractivity contribution in [2.24, 2.45) is 5.10 Å². The SMILES string of the molecule is CC(C)c1ccc(/C=N\NC(=O)C(=O)Nc2ccc(OCc3ccccc3)cc2)cc1. The number of benzene rings is 3. The second kappa shape index (κ2) is 10.7. The van der Waals surface area contributed by atoms with E-state index in [-0.39, 0.29) is 0 Å². The van der Waals surface area contributed by atoms with Crippen LogP contribution in [-0.4, -0.2) is 18.0 Å². The molecule has 0 aliphatic rings. The summed E-state index contributed by atoms with van der Waals surface area (Å²) in [5.41, 5.74) is 5.83. The Bertz CT molecular complexity index is 1030. The number of amides is 2. The highest BCUT2D eigenvalue weighted by atomic mass is 16.5. The summed E-state index contributed by atoms with van der Waals surface area (Å²) in [5.74, 6) is -0.539. The topological polar surface area (TPSA) is 79.8 Å². The van der Waals surface area contributed by atoms with Gasteiger partial charge in [-0.15, -0.1) is 0 Å². The molecule has 0 saturated carbocycles. The van der Waals surface area contributed by atoms with E-state index in [0.717, 1.165) is 11.1 Å². The Balaban J connectivity index is 1.46. The van der Waals surface area contributed by atoms with E-state index in [1.165, 1.54) is 11.8 Å². The van der Waals surface area contributed by atoms with E-state index in [1.54, 1.807) is 24.3 Å². The molecule has 0 atom stereocenters. The first-order chi connectivity index (χ1) is 15.0. The van der Waals surface area contributed by atoms with Gasteiger partial charge in [0.2, 0.25) is 0 Å². The number of nitrogens with zero attached hydrogens (tertiary/aromatic N) is 1. The zero-order valence-electron chi connectivity index (χ0n) is 17.5. The number of carbonyl (C=O) groups excluding carboxylic acids is 2. The monoisotopic (exact) mass is 415 g/mol. The predicted octanol–water partition coefficient (Wildman–Crippen LogP) is 4.48. The zero-order valence-corrected chi connectivity index (χ0v) is 17.5. The van der Waals surface area contributed by atoms with Crippen molar-refractivity contribution in [3.8, 4) is 5.75 Å². The van der Waals surface area contributed by atoms with Crippen molar-refractivity contribution in [2.75, 3.05) is 5.32 Å². The van der Waals surface area contributed by atoms with Gasteiger partial charge in [-0.05, 0) is 46.9 Å². The number of hydrogen-bond acceptors (Lipinski definition) is 4. The zero-order chi connectivity index (χ0) is 22.1. The lowest BCUT2D eigenvalue weighted by molar-refractivity contribution is -0.136. The van der Waals surface area contributed by atoms with Gasteiger partial charge in [-0.3, -0.25) is 9.59 Å². The molecule has 0 aliphatic heterocycles. The highest BCUT2D eigenvalue weighted by Crippen LogP contribution is 2.17. The molecule has 0 unspecified atom stereocenters. The highest BCUT2D eigenvalue weighted by molar-refractivity contribution is 6.39. The molecule has 0 radical (unpaired) electrons. The molecule has 0 aliphatic carbocycles. The minimum Gasteiger partial charge on any atom is -0.489 e. The molecule has 0 spiro atoms. The van der Waals surface area contributed by atoms with Gasteiger partial charge in [0.25, 0.3) is 0 Å². The summed E-state index contributed by atoms with van der Waals surface area (Å²) in [7, 11) is 0. The Labute approximate surface area is 182 Å². The summed E-state index contributed by atoms with van der Waals surface area (Å²) in [6.45, 7) is 4.69. The number of hydrogen-bond donors (Lipinski definition) is 2. The van der Waals surface area contributed by atoms with Crippen molar-refractivity contribution < 1.29 is 14.3 Å². The van der Waals surface area contributed by atoms with Crippen molar-refractivity contribution in [3.63, 3.8) is 0 Å². The quantitative estimate of drug-likeness (QED) is 0.339. The number of carbonyl (C=O) groups is 2. The third kappa shape index (κ3) is 6.82. The van der Waals surface area contributed by atoms with Crippen molar-refractivity contribution in [2.45, 2.75) is 26.4 Å². The van der Waals surface area contributed by atoms with E-state index in [9.17, 15) is 9.59 Å². The molecule has 3 aromatic rings. The fourth-order valence-electron chi connectivity index (χ4n) is 2.75. The lowest BCUT2D eigenvalue weighted by atomic mass is 10.0. The number of anilines is 1. The van der Waals surface area contributed by atoms with Gasteiger partial charge in [0.15, 0.2) is 0 Å². The molecule has 3 rings (SSSR count). The lowest BCUT2D eigenvalue weighted by Crippen LogP contribution is -2.32. The summed E-state index contributed by atoms with van der Waals surface area (Å²) >= 11 is 0. The van der Waals surface area contributed by atoms with Crippen molar-refractivity contribution in [1.82, 2.24) is 5.43 Å². The minimum absolute atomic E-state index is 0.443. The smallest absolute Gasteiger partial charge is 0.329 e. The van der Waals surface area contributed by atoms with E-state index in [1.807, 2.05) is 54.6 Å². The molecule has 31 heavy (non-hydrogen) atoms. The van der Waals surface area contributed by atoms with Gasteiger partial charge in [0.1, 0.15) is 12.4 Å². The number of hydrazone groups is 1. The van der Waals surface area contributed by atoms with Crippen LogP contribution >= 0.6 is 0 Å². The van der Waals surface area contributed by atoms with Crippen LogP contribution in [0.1, 0.15) is 36.5 Å². The molecule has 0 bridgehead atoms. The first-order valence-corrected chi connectivity index (χ1v) is 10.0. The standard InChI is InChI=1S/C25H25N3O3/c1-18(2)21-10-8-19(9-11-21)16-26-28-25(30)24(29)27-22-12-14-23(15-13-22)31-17-20-6-4-3-5-7-20/h3-16,18H,17H2,1-2H3,(H,27,29)(H,28,30)/b26-16-. The first-order valence-electron chi connectivity index (χ1n) is 10.0. The molecule has 0 saturated heterocycles. The number of nitrogens with one attached hydrogen (secondary N) is 2.